The Bertz CT molecular complexity index is 924. The van der Waals surface area contributed by atoms with Gasteiger partial charge in [-0.15, -0.1) is 0 Å². The smallest absolute Gasteiger partial charge is 0.320 e. The van der Waals surface area contributed by atoms with E-state index in [2.05, 4.69) is 40.8 Å². The van der Waals surface area contributed by atoms with Gasteiger partial charge in [0.25, 0.3) is 0 Å². The van der Waals surface area contributed by atoms with Crippen LogP contribution in [0.4, 0.5) is 11.6 Å². The van der Waals surface area contributed by atoms with Crippen LogP contribution in [-0.4, -0.2) is 98.2 Å². The van der Waals surface area contributed by atoms with Crippen LogP contribution in [0.25, 0.3) is 0 Å². The second-order valence-electron chi connectivity index (χ2n) is 7.69. The standard InChI is InChI=1S/C20H28N8O4/c1-2-21-19(15-14-22-32-16(1)15)26-25-17-13-18(28-6-10-30-11-7-28)24-20(23-17)31-12-5-27-3-8-29-9-4-27/h13-14H,1-12H2,(H,21,26)(H,23,24,25). The summed E-state index contributed by atoms with van der Waals surface area (Å²) in [5, 5.41) is 3.87. The highest BCUT2D eigenvalue weighted by atomic mass is 16.5. The summed E-state index contributed by atoms with van der Waals surface area (Å²) in [7, 11) is 0. The molecule has 2 fully saturated rings. The van der Waals surface area contributed by atoms with Crippen LogP contribution in [0.1, 0.15) is 11.3 Å². The number of ether oxygens (including phenoxy) is 3. The fourth-order valence-electron chi connectivity index (χ4n) is 3.81. The minimum absolute atomic E-state index is 0.336. The van der Waals surface area contributed by atoms with Crippen molar-refractivity contribution < 1.29 is 18.7 Å². The lowest BCUT2D eigenvalue weighted by molar-refractivity contribution is 0.0317. The van der Waals surface area contributed by atoms with E-state index in [0.717, 1.165) is 69.5 Å². The number of morpholine rings is 2. The van der Waals surface area contributed by atoms with Gasteiger partial charge >= 0.3 is 6.01 Å². The zero-order valence-electron chi connectivity index (χ0n) is 18.0. The molecule has 5 heterocycles. The summed E-state index contributed by atoms with van der Waals surface area (Å²) in [4.78, 5) is 18.2. The third-order valence-corrected chi connectivity index (χ3v) is 5.59. The molecule has 0 spiro atoms. The van der Waals surface area contributed by atoms with E-state index in [0.29, 0.717) is 44.0 Å². The molecule has 12 nitrogen and oxygen atoms in total. The third kappa shape index (κ3) is 5.09. The maximum Gasteiger partial charge on any atom is 0.320 e. The summed E-state index contributed by atoms with van der Waals surface area (Å²) >= 11 is 0. The van der Waals surface area contributed by atoms with Crippen molar-refractivity contribution in [2.75, 3.05) is 82.6 Å². The van der Waals surface area contributed by atoms with Crippen molar-refractivity contribution in [1.82, 2.24) is 25.5 Å². The van der Waals surface area contributed by atoms with Crippen molar-refractivity contribution >= 4 is 17.5 Å². The minimum atomic E-state index is 0.336. The summed E-state index contributed by atoms with van der Waals surface area (Å²) in [6, 6.07) is 2.23. The highest BCUT2D eigenvalue weighted by Crippen LogP contribution is 2.21. The highest BCUT2D eigenvalue weighted by molar-refractivity contribution is 6.00. The van der Waals surface area contributed by atoms with E-state index in [1.165, 1.54) is 0 Å². The molecule has 0 amide bonds. The predicted octanol–water partition coefficient (Wildman–Crippen LogP) is -0.0684. The van der Waals surface area contributed by atoms with Crippen LogP contribution in [0.3, 0.4) is 0 Å². The van der Waals surface area contributed by atoms with Crippen molar-refractivity contribution in [3.8, 4) is 6.01 Å². The minimum Gasteiger partial charge on any atom is -0.462 e. The van der Waals surface area contributed by atoms with Gasteiger partial charge in [-0.1, -0.05) is 5.16 Å². The molecule has 5 rings (SSSR count). The van der Waals surface area contributed by atoms with Gasteiger partial charge in [0, 0.05) is 51.8 Å². The highest BCUT2D eigenvalue weighted by Gasteiger charge is 2.20. The molecule has 0 radical (unpaired) electrons. The van der Waals surface area contributed by atoms with Crippen molar-refractivity contribution in [2.45, 2.75) is 6.42 Å². The second kappa shape index (κ2) is 10.1. The largest absolute Gasteiger partial charge is 0.462 e. The fourth-order valence-corrected chi connectivity index (χ4v) is 3.81. The van der Waals surface area contributed by atoms with Crippen LogP contribution in [0.2, 0.25) is 0 Å². The molecule has 2 aromatic heterocycles. The van der Waals surface area contributed by atoms with Gasteiger partial charge < -0.3 is 23.6 Å². The SMILES string of the molecule is c1c(NNC2=NCCc3oncc32)nc(OCCN2CCOCC2)nc1N1CCOCC1. The van der Waals surface area contributed by atoms with Crippen molar-refractivity contribution in [2.24, 2.45) is 4.99 Å². The molecule has 0 bridgehead atoms. The number of fused-ring (bicyclic) bond motifs is 1. The molecular weight excluding hydrogens is 416 g/mol. The second-order valence-corrected chi connectivity index (χ2v) is 7.69. The number of hydrogen-bond donors (Lipinski definition) is 2. The maximum absolute atomic E-state index is 5.93. The summed E-state index contributed by atoms with van der Waals surface area (Å²) in [6.07, 6.45) is 2.41. The number of amidine groups is 1. The first-order chi connectivity index (χ1) is 15.8. The Morgan fingerprint density at radius 1 is 1.00 bits per heavy atom. The average molecular weight is 444 g/mol. The number of aromatic nitrogens is 3. The van der Waals surface area contributed by atoms with E-state index < -0.39 is 0 Å². The third-order valence-electron chi connectivity index (χ3n) is 5.59. The summed E-state index contributed by atoms with van der Waals surface area (Å²) in [5.41, 5.74) is 7.13. The number of nitrogens with one attached hydrogen (secondary N) is 2. The summed E-state index contributed by atoms with van der Waals surface area (Å²) in [6.45, 7) is 8.21. The zero-order valence-corrected chi connectivity index (χ0v) is 18.0. The van der Waals surface area contributed by atoms with Crippen LogP contribution in [0.15, 0.2) is 21.8 Å². The molecule has 2 aromatic rings. The Morgan fingerprint density at radius 3 is 2.66 bits per heavy atom. The van der Waals surface area contributed by atoms with Crippen molar-refractivity contribution in [1.29, 1.82) is 0 Å². The monoisotopic (exact) mass is 444 g/mol. The van der Waals surface area contributed by atoms with Gasteiger partial charge in [0.15, 0.2) is 11.7 Å². The lowest BCUT2D eigenvalue weighted by Crippen LogP contribution is -2.39. The lowest BCUT2D eigenvalue weighted by atomic mass is 10.1. The normalized spacial score (nSPS) is 19.2. The number of rotatable bonds is 7. The molecular formula is C20H28N8O4. The number of nitrogens with zero attached hydrogens (tertiary/aromatic N) is 6. The van der Waals surface area contributed by atoms with Crippen LogP contribution in [-0.2, 0) is 15.9 Å². The van der Waals surface area contributed by atoms with E-state index in [1.807, 2.05) is 6.07 Å². The predicted molar refractivity (Wildman–Crippen MR) is 116 cm³/mol. The van der Waals surface area contributed by atoms with Crippen LogP contribution < -0.4 is 20.5 Å². The molecule has 3 aliphatic rings. The Balaban J connectivity index is 1.27. The van der Waals surface area contributed by atoms with Gasteiger partial charge in [-0.2, -0.15) is 9.97 Å². The Hall–Kier alpha value is -2.96. The van der Waals surface area contributed by atoms with Gasteiger partial charge in [-0.3, -0.25) is 20.7 Å². The molecule has 0 aliphatic carbocycles. The van der Waals surface area contributed by atoms with Gasteiger partial charge in [-0.05, 0) is 0 Å². The molecule has 172 valence electrons. The summed E-state index contributed by atoms with van der Waals surface area (Å²) < 4.78 is 22.1. The van der Waals surface area contributed by atoms with E-state index >= 15 is 0 Å². The van der Waals surface area contributed by atoms with Gasteiger partial charge in [-0.25, -0.2) is 0 Å². The van der Waals surface area contributed by atoms with Crippen LogP contribution in [0, 0.1) is 0 Å². The average Bonchev–Trinajstić information content (AvgIpc) is 3.34. The number of anilines is 2. The topological polar surface area (TPSA) is 122 Å². The number of hydrogen-bond acceptors (Lipinski definition) is 12. The Labute approximate surface area is 185 Å². The maximum atomic E-state index is 5.93. The number of aliphatic imine (C=N–C) groups is 1. The van der Waals surface area contributed by atoms with E-state index in [1.54, 1.807) is 6.20 Å². The first-order valence-electron chi connectivity index (χ1n) is 11.0. The first-order valence-corrected chi connectivity index (χ1v) is 11.0. The van der Waals surface area contributed by atoms with E-state index in [9.17, 15) is 0 Å². The Kier molecular flexibility index (Phi) is 6.61. The Morgan fingerprint density at radius 2 is 1.81 bits per heavy atom. The van der Waals surface area contributed by atoms with Gasteiger partial charge in [0.05, 0.1) is 38.2 Å². The van der Waals surface area contributed by atoms with Crippen molar-refractivity contribution in [3.05, 3.63) is 23.6 Å². The molecule has 0 atom stereocenters. The molecule has 32 heavy (non-hydrogen) atoms. The fraction of sp³-hybridized carbons (Fsp3) is 0.600. The van der Waals surface area contributed by atoms with Crippen LogP contribution in [0.5, 0.6) is 6.01 Å². The van der Waals surface area contributed by atoms with Gasteiger partial charge in [0.1, 0.15) is 18.2 Å². The molecule has 12 heteroatoms. The molecule has 2 N–H and O–H groups in total. The van der Waals surface area contributed by atoms with Gasteiger partial charge in [0.2, 0.25) is 0 Å². The quantitative estimate of drug-likeness (QED) is 0.558. The van der Waals surface area contributed by atoms with E-state index in [4.69, 9.17) is 18.7 Å². The zero-order chi connectivity index (χ0) is 21.6. The molecule has 0 unspecified atom stereocenters. The van der Waals surface area contributed by atoms with E-state index in [-0.39, 0.29) is 0 Å². The van der Waals surface area contributed by atoms with Crippen LogP contribution >= 0.6 is 0 Å². The molecule has 3 aliphatic heterocycles. The first kappa shape index (κ1) is 20.9. The molecule has 0 aromatic carbocycles. The number of hydrazine groups is 1. The molecule has 0 saturated carbocycles. The molecule has 2 saturated heterocycles. The lowest BCUT2D eigenvalue weighted by Gasteiger charge is -2.28. The van der Waals surface area contributed by atoms with Crippen molar-refractivity contribution in [3.63, 3.8) is 0 Å². The summed E-state index contributed by atoms with van der Waals surface area (Å²) in [5.74, 6) is 2.89.